The number of hydrogen-bond acceptors (Lipinski definition) is 4. The van der Waals surface area contributed by atoms with E-state index in [1.54, 1.807) is 0 Å². The number of nitrogens with one attached hydrogen (secondary N) is 2. The Morgan fingerprint density at radius 2 is 1.63 bits per heavy atom. The second kappa shape index (κ2) is 9.12. The minimum atomic E-state index is -3.61. The molecule has 2 rings (SSSR count). The van der Waals surface area contributed by atoms with Gasteiger partial charge in [-0.05, 0) is 61.7 Å². The van der Waals surface area contributed by atoms with Crippen LogP contribution in [-0.2, 0) is 21.3 Å². The predicted molar refractivity (Wildman–Crippen MR) is 105 cm³/mol. The molecule has 1 amide bonds. The van der Waals surface area contributed by atoms with E-state index in [2.05, 4.69) is 22.2 Å². The van der Waals surface area contributed by atoms with E-state index in [1.807, 2.05) is 20.8 Å². The van der Waals surface area contributed by atoms with E-state index in [0.29, 0.717) is 12.1 Å². The van der Waals surface area contributed by atoms with Gasteiger partial charge in [-0.1, -0.05) is 17.7 Å². The molecule has 7 heteroatoms. The predicted octanol–water partition coefficient (Wildman–Crippen LogP) is 2.47. The third-order valence-corrected chi connectivity index (χ3v) is 5.77. The lowest BCUT2D eigenvalue weighted by atomic mass is 10.00. The summed E-state index contributed by atoms with van der Waals surface area (Å²) in [5.41, 5.74) is 4.97. The average molecular weight is 391 g/mol. The van der Waals surface area contributed by atoms with E-state index in [9.17, 15) is 13.2 Å². The van der Waals surface area contributed by atoms with Gasteiger partial charge in [0.1, 0.15) is 0 Å². The molecule has 0 aromatic heterocycles. The highest BCUT2D eigenvalue weighted by Gasteiger charge is 2.14. The van der Waals surface area contributed by atoms with E-state index < -0.39 is 10.0 Å². The summed E-state index contributed by atoms with van der Waals surface area (Å²) in [5, 5.41) is 2.90. The van der Waals surface area contributed by atoms with Crippen molar-refractivity contribution in [1.82, 2.24) is 10.0 Å². The average Bonchev–Trinajstić information content (AvgIpc) is 2.61. The Morgan fingerprint density at radius 1 is 1.04 bits per heavy atom. The smallest absolute Gasteiger partial charge is 0.251 e. The van der Waals surface area contributed by atoms with Crippen molar-refractivity contribution in [3.8, 4) is 0 Å². The highest BCUT2D eigenvalue weighted by atomic mass is 32.2. The van der Waals surface area contributed by atoms with Crippen LogP contribution >= 0.6 is 0 Å². The summed E-state index contributed by atoms with van der Waals surface area (Å²) in [5.74, 6) is -0.245. The van der Waals surface area contributed by atoms with Gasteiger partial charge in [0.15, 0.2) is 0 Å². The molecule has 2 N–H and O–H groups in total. The molecule has 0 atom stereocenters. The van der Waals surface area contributed by atoms with Crippen molar-refractivity contribution in [1.29, 1.82) is 0 Å². The first-order valence-corrected chi connectivity index (χ1v) is 10.2. The molecule has 6 nitrogen and oxygen atoms in total. The van der Waals surface area contributed by atoms with Crippen molar-refractivity contribution in [3.05, 3.63) is 64.2 Å². The van der Waals surface area contributed by atoms with Crippen LogP contribution in [0, 0.1) is 20.8 Å². The first-order valence-electron chi connectivity index (χ1n) is 8.68. The van der Waals surface area contributed by atoms with Gasteiger partial charge in [-0.15, -0.1) is 0 Å². The largest absolute Gasteiger partial charge is 0.383 e. The van der Waals surface area contributed by atoms with Crippen LogP contribution in [-0.4, -0.2) is 34.6 Å². The number of methoxy groups -OCH3 is 1. The second-order valence-corrected chi connectivity index (χ2v) is 8.24. The number of sulfonamides is 1. The quantitative estimate of drug-likeness (QED) is 0.678. The lowest BCUT2D eigenvalue weighted by molar-refractivity contribution is 0.0950. The summed E-state index contributed by atoms with van der Waals surface area (Å²) in [6.45, 7) is 7.00. The van der Waals surface area contributed by atoms with Crippen LogP contribution in [0.3, 0.4) is 0 Å². The van der Waals surface area contributed by atoms with E-state index in [0.717, 1.165) is 16.7 Å². The van der Waals surface area contributed by atoms with Crippen molar-refractivity contribution in [2.45, 2.75) is 32.2 Å². The fraction of sp³-hybridized carbons (Fsp3) is 0.350. The van der Waals surface area contributed by atoms with Gasteiger partial charge in [0, 0.05) is 25.8 Å². The molecular formula is C20H26N2O4S. The molecule has 27 heavy (non-hydrogen) atoms. The zero-order chi connectivity index (χ0) is 20.0. The molecule has 0 saturated carbocycles. The number of amides is 1. The summed E-state index contributed by atoms with van der Waals surface area (Å²) in [6, 6.07) is 10.0. The highest BCUT2D eigenvalue weighted by Crippen LogP contribution is 2.16. The van der Waals surface area contributed by atoms with Crippen molar-refractivity contribution in [2.24, 2.45) is 0 Å². The van der Waals surface area contributed by atoms with Crippen LogP contribution in [0.25, 0.3) is 0 Å². The number of carbonyl (C=O) groups is 1. The molecule has 0 radical (unpaired) electrons. The third kappa shape index (κ3) is 5.63. The van der Waals surface area contributed by atoms with Crippen molar-refractivity contribution in [2.75, 3.05) is 20.3 Å². The number of benzene rings is 2. The van der Waals surface area contributed by atoms with Gasteiger partial charge in [0.2, 0.25) is 10.0 Å². The Morgan fingerprint density at radius 3 is 2.19 bits per heavy atom. The van der Waals surface area contributed by atoms with Gasteiger partial charge in [-0.25, -0.2) is 13.1 Å². The van der Waals surface area contributed by atoms with Crippen LogP contribution in [0.15, 0.2) is 41.3 Å². The standard InChI is InChI=1S/C20H26N2O4S/c1-14-11-15(2)19(16(3)12-14)13-21-20(23)17-5-7-18(8-6-17)27(24,25)22-9-10-26-4/h5-8,11-12,22H,9-10,13H2,1-4H3,(H,21,23). The zero-order valence-electron chi connectivity index (χ0n) is 16.1. The highest BCUT2D eigenvalue weighted by molar-refractivity contribution is 7.89. The lowest BCUT2D eigenvalue weighted by Gasteiger charge is -2.13. The fourth-order valence-electron chi connectivity index (χ4n) is 2.91. The summed E-state index contributed by atoms with van der Waals surface area (Å²) in [6.07, 6.45) is 0. The molecule has 0 aliphatic rings. The van der Waals surface area contributed by atoms with Crippen LogP contribution in [0.2, 0.25) is 0 Å². The van der Waals surface area contributed by atoms with Gasteiger partial charge >= 0.3 is 0 Å². The van der Waals surface area contributed by atoms with E-state index in [-0.39, 0.29) is 24.0 Å². The number of rotatable bonds is 8. The molecule has 0 aliphatic carbocycles. The molecule has 2 aromatic carbocycles. The Balaban J connectivity index is 2.04. The van der Waals surface area contributed by atoms with Crippen LogP contribution in [0.4, 0.5) is 0 Å². The number of aryl methyl sites for hydroxylation is 3. The zero-order valence-corrected chi connectivity index (χ0v) is 16.9. The maximum Gasteiger partial charge on any atom is 0.251 e. The monoisotopic (exact) mass is 390 g/mol. The lowest BCUT2D eigenvalue weighted by Crippen LogP contribution is -2.27. The summed E-state index contributed by atoms with van der Waals surface area (Å²) in [4.78, 5) is 12.5. The normalized spacial score (nSPS) is 11.4. The summed E-state index contributed by atoms with van der Waals surface area (Å²) in [7, 11) is -2.11. The maximum absolute atomic E-state index is 12.4. The second-order valence-electron chi connectivity index (χ2n) is 6.47. The SMILES string of the molecule is COCCNS(=O)(=O)c1ccc(C(=O)NCc2c(C)cc(C)cc2C)cc1. The third-order valence-electron chi connectivity index (χ3n) is 4.29. The Labute approximate surface area is 161 Å². The van der Waals surface area contributed by atoms with E-state index in [1.165, 1.54) is 36.9 Å². The van der Waals surface area contributed by atoms with Crippen molar-refractivity contribution >= 4 is 15.9 Å². The number of ether oxygens (including phenoxy) is 1. The van der Waals surface area contributed by atoms with Gasteiger partial charge in [0.25, 0.3) is 5.91 Å². The van der Waals surface area contributed by atoms with Crippen LogP contribution in [0.1, 0.15) is 32.6 Å². The minimum absolute atomic E-state index is 0.111. The number of hydrogen-bond donors (Lipinski definition) is 2. The molecule has 0 aliphatic heterocycles. The van der Waals surface area contributed by atoms with Gasteiger partial charge in [0.05, 0.1) is 11.5 Å². The summed E-state index contributed by atoms with van der Waals surface area (Å²) < 4.78 is 31.5. The number of carbonyl (C=O) groups excluding carboxylic acids is 1. The first kappa shape index (κ1) is 21.1. The Bertz CT molecular complexity index is 883. The molecule has 0 bridgehead atoms. The van der Waals surface area contributed by atoms with Crippen molar-refractivity contribution in [3.63, 3.8) is 0 Å². The molecule has 0 heterocycles. The molecule has 0 fully saturated rings. The van der Waals surface area contributed by atoms with E-state index >= 15 is 0 Å². The topological polar surface area (TPSA) is 84.5 Å². The molecule has 2 aromatic rings. The molecule has 0 spiro atoms. The van der Waals surface area contributed by atoms with Crippen LogP contribution in [0.5, 0.6) is 0 Å². The molecule has 0 saturated heterocycles. The molecule has 0 unspecified atom stereocenters. The fourth-order valence-corrected chi connectivity index (χ4v) is 3.92. The Hall–Kier alpha value is -2.22. The first-order chi connectivity index (χ1) is 12.7. The van der Waals surface area contributed by atoms with Crippen molar-refractivity contribution < 1.29 is 17.9 Å². The Kier molecular flexibility index (Phi) is 7.12. The van der Waals surface area contributed by atoms with Gasteiger partial charge in [-0.3, -0.25) is 4.79 Å². The maximum atomic E-state index is 12.4. The van der Waals surface area contributed by atoms with Crippen LogP contribution < -0.4 is 10.0 Å². The summed E-state index contributed by atoms with van der Waals surface area (Å²) >= 11 is 0. The van der Waals surface area contributed by atoms with Gasteiger partial charge in [-0.2, -0.15) is 0 Å². The minimum Gasteiger partial charge on any atom is -0.383 e. The molecule has 146 valence electrons. The van der Waals surface area contributed by atoms with E-state index in [4.69, 9.17) is 4.74 Å². The van der Waals surface area contributed by atoms with Gasteiger partial charge < -0.3 is 10.1 Å². The molecular weight excluding hydrogens is 364 g/mol.